The zero-order valence-corrected chi connectivity index (χ0v) is 6.27. The molecule has 4 heteroatoms. The lowest BCUT2D eigenvalue weighted by Crippen LogP contribution is -2.25. The molecular formula is C7H13NO3. The molecule has 0 aromatic carbocycles. The lowest BCUT2D eigenvalue weighted by Gasteiger charge is -2.13. The van der Waals surface area contributed by atoms with E-state index in [1.165, 1.54) is 0 Å². The predicted octanol–water partition coefficient (Wildman–Crippen LogP) is -0.606. The van der Waals surface area contributed by atoms with Crippen LogP contribution in [0.3, 0.4) is 0 Å². The summed E-state index contributed by atoms with van der Waals surface area (Å²) in [5, 5.41) is 34.6. The fraction of sp³-hybridized carbons (Fsp3) is 0.857. The summed E-state index contributed by atoms with van der Waals surface area (Å²) < 4.78 is 0. The molecular weight excluding hydrogens is 146 g/mol. The fourth-order valence-corrected chi connectivity index (χ4v) is 0.722. The van der Waals surface area contributed by atoms with Gasteiger partial charge in [0.15, 0.2) is 0 Å². The Labute approximate surface area is 65.7 Å². The van der Waals surface area contributed by atoms with E-state index in [1.54, 1.807) is 6.07 Å². The second-order valence-electron chi connectivity index (χ2n) is 2.36. The quantitative estimate of drug-likeness (QED) is 0.500. The summed E-state index contributed by atoms with van der Waals surface area (Å²) in [6.07, 6.45) is -1.15. The van der Waals surface area contributed by atoms with Crippen LogP contribution in [0.5, 0.6) is 0 Å². The first kappa shape index (κ1) is 10.4. The third-order valence-corrected chi connectivity index (χ3v) is 1.40. The highest BCUT2D eigenvalue weighted by molar-refractivity contribution is 4.79. The van der Waals surface area contributed by atoms with Gasteiger partial charge < -0.3 is 15.3 Å². The van der Waals surface area contributed by atoms with Crippen molar-refractivity contribution < 1.29 is 15.3 Å². The van der Waals surface area contributed by atoms with Crippen molar-refractivity contribution in [2.24, 2.45) is 0 Å². The van der Waals surface area contributed by atoms with Gasteiger partial charge in [-0.2, -0.15) is 5.26 Å². The minimum absolute atomic E-state index is 0.00364. The van der Waals surface area contributed by atoms with Gasteiger partial charge in [-0.15, -0.1) is 0 Å². The molecule has 0 saturated carbocycles. The molecule has 3 N–H and O–H groups in total. The van der Waals surface area contributed by atoms with Crippen LogP contribution < -0.4 is 0 Å². The van der Waals surface area contributed by atoms with Crippen molar-refractivity contribution in [3.8, 4) is 6.07 Å². The Balaban J connectivity index is 3.48. The summed E-state index contributed by atoms with van der Waals surface area (Å²) in [5.41, 5.74) is 0. The summed E-state index contributed by atoms with van der Waals surface area (Å²) >= 11 is 0. The molecule has 64 valence electrons. The zero-order chi connectivity index (χ0) is 8.69. The van der Waals surface area contributed by atoms with Crippen molar-refractivity contribution in [3.63, 3.8) is 0 Å². The first-order valence-electron chi connectivity index (χ1n) is 3.56. The van der Waals surface area contributed by atoms with Crippen molar-refractivity contribution in [1.82, 2.24) is 0 Å². The van der Waals surface area contributed by atoms with Gasteiger partial charge in [-0.05, 0) is 12.8 Å². The summed E-state index contributed by atoms with van der Waals surface area (Å²) in [5.74, 6) is 0. The van der Waals surface area contributed by atoms with Crippen molar-refractivity contribution in [2.45, 2.75) is 31.5 Å². The van der Waals surface area contributed by atoms with Gasteiger partial charge in [-0.1, -0.05) is 0 Å². The molecule has 0 bridgehead atoms. The molecule has 4 nitrogen and oxygen atoms in total. The maximum absolute atomic E-state index is 9.07. The summed E-state index contributed by atoms with van der Waals surface area (Å²) in [6, 6.07) is 1.75. The maximum Gasteiger partial charge on any atom is 0.0928 e. The second kappa shape index (κ2) is 6.10. The molecule has 0 fully saturated rings. The van der Waals surface area contributed by atoms with Crippen LogP contribution in [0.2, 0.25) is 0 Å². The van der Waals surface area contributed by atoms with Crippen LogP contribution in [-0.2, 0) is 0 Å². The van der Waals surface area contributed by atoms with E-state index in [0.717, 1.165) is 0 Å². The van der Waals surface area contributed by atoms with Crippen molar-refractivity contribution in [3.05, 3.63) is 0 Å². The van der Waals surface area contributed by atoms with Crippen LogP contribution in [-0.4, -0.2) is 34.1 Å². The van der Waals surface area contributed by atoms with Gasteiger partial charge in [0.05, 0.1) is 24.7 Å². The molecule has 0 saturated heterocycles. The molecule has 11 heavy (non-hydrogen) atoms. The zero-order valence-electron chi connectivity index (χ0n) is 6.27. The van der Waals surface area contributed by atoms with Gasteiger partial charge in [0, 0.05) is 6.61 Å². The topological polar surface area (TPSA) is 84.5 Å². The SMILES string of the molecule is N#CCC(O)C(O)CCCO. The Morgan fingerprint density at radius 3 is 2.36 bits per heavy atom. The van der Waals surface area contributed by atoms with E-state index in [2.05, 4.69) is 0 Å². The number of hydrogen-bond donors (Lipinski definition) is 3. The molecule has 0 spiro atoms. The number of aliphatic hydroxyl groups is 3. The average Bonchev–Trinajstić information content (AvgIpc) is 2.00. The van der Waals surface area contributed by atoms with E-state index in [1.807, 2.05) is 0 Å². The molecule has 0 aromatic heterocycles. The first-order chi connectivity index (χ1) is 5.22. The molecule has 0 rings (SSSR count). The van der Waals surface area contributed by atoms with Crippen LogP contribution in [0.4, 0.5) is 0 Å². The van der Waals surface area contributed by atoms with E-state index >= 15 is 0 Å². The van der Waals surface area contributed by atoms with Crippen LogP contribution in [0.25, 0.3) is 0 Å². The minimum atomic E-state index is -0.980. The van der Waals surface area contributed by atoms with Gasteiger partial charge in [-0.3, -0.25) is 0 Å². The highest BCUT2D eigenvalue weighted by Crippen LogP contribution is 2.04. The van der Waals surface area contributed by atoms with Crippen molar-refractivity contribution in [1.29, 1.82) is 5.26 Å². The molecule has 0 aliphatic carbocycles. The fourth-order valence-electron chi connectivity index (χ4n) is 0.722. The predicted molar refractivity (Wildman–Crippen MR) is 38.6 cm³/mol. The van der Waals surface area contributed by atoms with E-state index in [0.29, 0.717) is 12.8 Å². The maximum atomic E-state index is 9.07. The average molecular weight is 159 g/mol. The highest BCUT2D eigenvalue weighted by Gasteiger charge is 2.14. The third-order valence-electron chi connectivity index (χ3n) is 1.40. The van der Waals surface area contributed by atoms with Crippen LogP contribution in [0.1, 0.15) is 19.3 Å². The minimum Gasteiger partial charge on any atom is -0.396 e. The summed E-state index contributed by atoms with van der Waals surface area (Å²) in [7, 11) is 0. The Hall–Kier alpha value is -0.630. The third kappa shape index (κ3) is 4.73. The Kier molecular flexibility index (Phi) is 5.75. The lowest BCUT2D eigenvalue weighted by molar-refractivity contribution is 0.0141. The monoisotopic (exact) mass is 159 g/mol. The van der Waals surface area contributed by atoms with E-state index in [-0.39, 0.29) is 13.0 Å². The van der Waals surface area contributed by atoms with Crippen LogP contribution in [0, 0.1) is 11.3 Å². The summed E-state index contributed by atoms with van der Waals surface area (Å²) in [6.45, 7) is -0.00364. The normalized spacial score (nSPS) is 15.5. The molecule has 2 atom stereocenters. The molecule has 0 radical (unpaired) electrons. The van der Waals surface area contributed by atoms with Gasteiger partial charge in [0.1, 0.15) is 0 Å². The van der Waals surface area contributed by atoms with E-state index in [4.69, 9.17) is 20.6 Å². The number of hydrogen-bond acceptors (Lipinski definition) is 4. The Morgan fingerprint density at radius 1 is 1.27 bits per heavy atom. The summed E-state index contributed by atoms with van der Waals surface area (Å²) in [4.78, 5) is 0. The molecule has 0 amide bonds. The highest BCUT2D eigenvalue weighted by atomic mass is 16.3. The number of rotatable bonds is 5. The molecule has 2 unspecified atom stereocenters. The van der Waals surface area contributed by atoms with E-state index < -0.39 is 12.2 Å². The standard InChI is InChI=1S/C7H13NO3/c8-4-3-7(11)6(10)2-1-5-9/h6-7,9-11H,1-3,5H2. The van der Waals surface area contributed by atoms with Gasteiger partial charge in [-0.25, -0.2) is 0 Å². The van der Waals surface area contributed by atoms with Crippen LogP contribution >= 0.6 is 0 Å². The van der Waals surface area contributed by atoms with E-state index in [9.17, 15) is 0 Å². The first-order valence-corrected chi connectivity index (χ1v) is 3.56. The molecule has 0 aliphatic rings. The van der Waals surface area contributed by atoms with Gasteiger partial charge in [0.25, 0.3) is 0 Å². The number of aliphatic hydroxyl groups excluding tert-OH is 3. The van der Waals surface area contributed by atoms with Gasteiger partial charge in [0.2, 0.25) is 0 Å². The Bertz CT molecular complexity index is 132. The number of nitriles is 1. The van der Waals surface area contributed by atoms with Crippen molar-refractivity contribution >= 4 is 0 Å². The van der Waals surface area contributed by atoms with Crippen molar-refractivity contribution in [2.75, 3.05) is 6.61 Å². The molecule has 0 aliphatic heterocycles. The lowest BCUT2D eigenvalue weighted by atomic mass is 10.1. The van der Waals surface area contributed by atoms with Gasteiger partial charge >= 0.3 is 0 Å². The van der Waals surface area contributed by atoms with Crippen LogP contribution in [0.15, 0.2) is 0 Å². The molecule has 0 aromatic rings. The second-order valence-corrected chi connectivity index (χ2v) is 2.36. The largest absolute Gasteiger partial charge is 0.396 e. The molecule has 0 heterocycles. The number of nitrogens with zero attached hydrogens (tertiary/aromatic N) is 1. The smallest absolute Gasteiger partial charge is 0.0928 e. The Morgan fingerprint density at radius 2 is 1.91 bits per heavy atom.